The molecule has 17 heavy (non-hydrogen) atoms. The summed E-state index contributed by atoms with van der Waals surface area (Å²) in [5, 5.41) is 9.01. The van der Waals surface area contributed by atoms with Gasteiger partial charge in [0.2, 0.25) is 0 Å². The topological polar surface area (TPSA) is 33.0 Å². The predicted molar refractivity (Wildman–Crippen MR) is 77.1 cm³/mol. The molecule has 0 N–H and O–H groups in total. The van der Waals surface area contributed by atoms with Gasteiger partial charge in [-0.15, -0.1) is 34.9 Å². The lowest BCUT2D eigenvalue weighted by Gasteiger charge is -2.22. The summed E-state index contributed by atoms with van der Waals surface area (Å²) in [6, 6.07) is 4.10. The molecule has 0 unspecified atom stereocenters. The van der Waals surface area contributed by atoms with Gasteiger partial charge in [0.05, 0.1) is 9.46 Å². The summed E-state index contributed by atoms with van der Waals surface area (Å²) < 4.78 is 6.40. The van der Waals surface area contributed by atoms with Crippen molar-refractivity contribution in [3.63, 3.8) is 0 Å². The van der Waals surface area contributed by atoms with Crippen LogP contribution in [0.5, 0.6) is 5.75 Å². The van der Waals surface area contributed by atoms with Crippen molar-refractivity contribution in [1.29, 1.82) is 5.26 Å². The minimum absolute atomic E-state index is 0.212. The normalized spacial score (nSPS) is 17.1. The van der Waals surface area contributed by atoms with Gasteiger partial charge in [0, 0.05) is 17.6 Å². The van der Waals surface area contributed by atoms with Gasteiger partial charge in [-0.3, -0.25) is 0 Å². The number of thioether (sulfide) groups is 2. The highest BCUT2D eigenvalue weighted by molar-refractivity contribution is 8.19. The summed E-state index contributed by atoms with van der Waals surface area (Å²) >= 11 is 5.46. The highest BCUT2D eigenvalue weighted by Gasteiger charge is 2.26. The monoisotopic (exact) mass is 285 g/mol. The Kier molecular flexibility index (Phi) is 3.96. The highest BCUT2D eigenvalue weighted by atomic mass is 32.2. The second-order valence-corrected chi connectivity index (χ2v) is 8.55. The van der Waals surface area contributed by atoms with Crippen LogP contribution in [0.2, 0.25) is 0 Å². The van der Waals surface area contributed by atoms with Gasteiger partial charge in [0.25, 0.3) is 0 Å². The summed E-state index contributed by atoms with van der Waals surface area (Å²) in [4.78, 5) is 1.95. The molecule has 1 aliphatic heterocycles. The van der Waals surface area contributed by atoms with Crippen LogP contribution in [-0.2, 0) is 0 Å². The Bertz CT molecular complexity index is 436. The number of hydrogen-bond acceptors (Lipinski definition) is 5. The van der Waals surface area contributed by atoms with E-state index in [9.17, 15) is 0 Å². The van der Waals surface area contributed by atoms with Crippen molar-refractivity contribution in [3.8, 4) is 11.8 Å². The quantitative estimate of drug-likeness (QED) is 0.812. The van der Waals surface area contributed by atoms with E-state index in [1.54, 1.807) is 11.3 Å². The maximum absolute atomic E-state index is 9.01. The van der Waals surface area contributed by atoms with Crippen molar-refractivity contribution < 1.29 is 4.74 Å². The first-order chi connectivity index (χ1) is 7.99. The van der Waals surface area contributed by atoms with Gasteiger partial charge >= 0.3 is 0 Å². The molecule has 0 spiro atoms. The van der Waals surface area contributed by atoms with Crippen molar-refractivity contribution in [2.75, 3.05) is 11.5 Å². The molecular formula is C12H15NOS3. The zero-order valence-electron chi connectivity index (χ0n) is 10.1. The largest absolute Gasteiger partial charge is 0.487 e. The molecule has 92 valence electrons. The van der Waals surface area contributed by atoms with E-state index in [0.717, 1.165) is 10.6 Å². The molecule has 2 nitrogen and oxygen atoms in total. The molecule has 1 aromatic rings. The fourth-order valence-corrected chi connectivity index (χ4v) is 5.67. The molecule has 2 heterocycles. The van der Waals surface area contributed by atoms with Gasteiger partial charge in [-0.05, 0) is 20.8 Å². The van der Waals surface area contributed by atoms with Crippen LogP contribution in [0.25, 0.3) is 0 Å². The van der Waals surface area contributed by atoms with Crippen molar-refractivity contribution in [3.05, 3.63) is 15.8 Å². The molecule has 0 radical (unpaired) electrons. The van der Waals surface area contributed by atoms with Crippen LogP contribution < -0.4 is 4.74 Å². The Balaban J connectivity index is 2.29. The van der Waals surface area contributed by atoms with Crippen LogP contribution >= 0.6 is 34.9 Å². The molecule has 1 aliphatic rings. The minimum atomic E-state index is -0.212. The zero-order chi connectivity index (χ0) is 12.5. The molecule has 0 atom stereocenters. The Labute approximate surface area is 115 Å². The molecule has 1 fully saturated rings. The summed E-state index contributed by atoms with van der Waals surface area (Å²) in [5.74, 6) is 3.26. The lowest BCUT2D eigenvalue weighted by molar-refractivity contribution is 0.130. The van der Waals surface area contributed by atoms with Gasteiger partial charge in [0.15, 0.2) is 0 Å². The second-order valence-electron chi connectivity index (χ2n) is 4.74. The van der Waals surface area contributed by atoms with Gasteiger partial charge in [-0.2, -0.15) is 5.26 Å². The molecule has 0 aromatic carbocycles. The summed E-state index contributed by atoms with van der Waals surface area (Å²) in [5.41, 5.74) is -0.212. The van der Waals surface area contributed by atoms with Crippen molar-refractivity contribution in [2.24, 2.45) is 0 Å². The fraction of sp³-hybridized carbons (Fsp3) is 0.583. The number of ether oxygens (including phenoxy) is 1. The lowest BCUT2D eigenvalue weighted by Crippen LogP contribution is -2.23. The lowest BCUT2D eigenvalue weighted by atomic mass is 10.2. The Morgan fingerprint density at radius 3 is 2.53 bits per heavy atom. The standard InChI is InChI=1S/C12H15NOS3/c1-12(2,3)14-9-6-8(7-13)17-10(9)11-15-4-5-16-11/h6,11H,4-5H2,1-3H3. The van der Waals surface area contributed by atoms with Crippen LogP contribution in [0, 0.1) is 11.3 Å². The van der Waals surface area contributed by atoms with E-state index in [1.807, 2.05) is 50.4 Å². The zero-order valence-corrected chi connectivity index (χ0v) is 12.6. The van der Waals surface area contributed by atoms with Crippen molar-refractivity contribution in [2.45, 2.75) is 31.0 Å². The summed E-state index contributed by atoms with van der Waals surface area (Å²) in [7, 11) is 0. The van der Waals surface area contributed by atoms with Crippen LogP contribution in [-0.4, -0.2) is 17.1 Å². The summed E-state index contributed by atoms with van der Waals surface area (Å²) in [6.45, 7) is 6.11. The molecular weight excluding hydrogens is 270 g/mol. The second kappa shape index (κ2) is 5.13. The van der Waals surface area contributed by atoms with Gasteiger partial charge in [-0.1, -0.05) is 0 Å². The molecule has 1 aromatic heterocycles. The molecule has 0 bridgehead atoms. The van der Waals surface area contributed by atoms with Gasteiger partial charge < -0.3 is 4.74 Å². The van der Waals surface area contributed by atoms with Crippen molar-refractivity contribution in [1.82, 2.24) is 0 Å². The first-order valence-electron chi connectivity index (χ1n) is 5.45. The molecule has 1 saturated heterocycles. The number of rotatable bonds is 2. The number of hydrogen-bond donors (Lipinski definition) is 0. The predicted octanol–water partition coefficient (Wildman–Crippen LogP) is 4.28. The van der Waals surface area contributed by atoms with Gasteiger partial charge in [-0.25, -0.2) is 0 Å². The molecule has 5 heteroatoms. The van der Waals surface area contributed by atoms with E-state index in [1.165, 1.54) is 16.4 Å². The van der Waals surface area contributed by atoms with E-state index < -0.39 is 0 Å². The third-order valence-corrected chi connectivity index (χ3v) is 6.50. The average Bonchev–Trinajstić information content (AvgIpc) is 2.82. The minimum Gasteiger partial charge on any atom is -0.487 e. The SMILES string of the molecule is CC(C)(C)Oc1cc(C#N)sc1C1SCCS1. The first-order valence-corrected chi connectivity index (χ1v) is 8.37. The third kappa shape index (κ3) is 3.34. The average molecular weight is 285 g/mol. The number of nitriles is 1. The molecule has 2 rings (SSSR count). The van der Waals surface area contributed by atoms with E-state index in [0.29, 0.717) is 4.58 Å². The van der Waals surface area contributed by atoms with Crippen LogP contribution in [0.4, 0.5) is 0 Å². The van der Waals surface area contributed by atoms with E-state index in [2.05, 4.69) is 6.07 Å². The fourth-order valence-electron chi connectivity index (χ4n) is 1.53. The Morgan fingerprint density at radius 2 is 2.00 bits per heavy atom. The third-order valence-electron chi connectivity index (χ3n) is 2.09. The highest BCUT2D eigenvalue weighted by Crippen LogP contribution is 2.51. The smallest absolute Gasteiger partial charge is 0.137 e. The molecule has 0 aliphatic carbocycles. The Hall–Kier alpha value is -0.310. The molecule has 0 amide bonds. The first kappa shape index (κ1) is 13.1. The van der Waals surface area contributed by atoms with E-state index in [4.69, 9.17) is 10.00 Å². The number of nitrogens with zero attached hydrogens (tertiary/aromatic N) is 1. The maximum Gasteiger partial charge on any atom is 0.137 e. The van der Waals surface area contributed by atoms with E-state index in [-0.39, 0.29) is 5.60 Å². The van der Waals surface area contributed by atoms with Gasteiger partial charge in [0.1, 0.15) is 22.3 Å². The molecule has 0 saturated carbocycles. The maximum atomic E-state index is 9.01. The van der Waals surface area contributed by atoms with Crippen molar-refractivity contribution >= 4 is 34.9 Å². The van der Waals surface area contributed by atoms with Crippen LogP contribution in [0.1, 0.15) is 35.1 Å². The summed E-state index contributed by atoms with van der Waals surface area (Å²) in [6.07, 6.45) is 0. The van der Waals surface area contributed by atoms with Crippen LogP contribution in [0.15, 0.2) is 6.07 Å². The van der Waals surface area contributed by atoms with Crippen LogP contribution in [0.3, 0.4) is 0 Å². The number of thiophene rings is 1. The van der Waals surface area contributed by atoms with E-state index >= 15 is 0 Å². The Morgan fingerprint density at radius 1 is 1.35 bits per heavy atom.